The minimum absolute atomic E-state index is 0.0699. The van der Waals surface area contributed by atoms with Gasteiger partial charge in [-0.3, -0.25) is 4.79 Å². The lowest BCUT2D eigenvalue weighted by atomic mass is 9.43. The van der Waals surface area contributed by atoms with Crippen molar-refractivity contribution in [1.82, 2.24) is 0 Å². The van der Waals surface area contributed by atoms with Gasteiger partial charge in [0.25, 0.3) is 0 Å². The first-order valence-electron chi connectivity index (χ1n) is 8.68. The Morgan fingerprint density at radius 1 is 1.05 bits per heavy atom. The van der Waals surface area contributed by atoms with Crippen LogP contribution in [-0.4, -0.2) is 22.3 Å². The molecular formula is C18H28O3. The molecule has 5 atom stereocenters. The molecule has 4 fully saturated rings. The number of hydrogen-bond acceptors (Lipinski definition) is 3. The molecule has 0 aromatic heterocycles. The molecule has 1 heterocycles. The zero-order chi connectivity index (χ0) is 15.1. The molecule has 21 heavy (non-hydrogen) atoms. The number of rotatable bonds is 0. The van der Waals surface area contributed by atoms with E-state index >= 15 is 0 Å². The summed E-state index contributed by atoms with van der Waals surface area (Å²) in [7, 11) is 0. The van der Waals surface area contributed by atoms with Crippen molar-refractivity contribution < 1.29 is 14.6 Å². The van der Waals surface area contributed by atoms with Crippen LogP contribution in [0.1, 0.15) is 72.1 Å². The summed E-state index contributed by atoms with van der Waals surface area (Å²) in [5.41, 5.74) is -1.02. The maximum Gasteiger partial charge on any atom is 0.313 e. The van der Waals surface area contributed by atoms with Crippen molar-refractivity contribution in [3.8, 4) is 0 Å². The van der Waals surface area contributed by atoms with Gasteiger partial charge in [0.1, 0.15) is 5.60 Å². The van der Waals surface area contributed by atoms with Crippen LogP contribution in [0.5, 0.6) is 0 Å². The number of hydrogen-bond donors (Lipinski definition) is 1. The molecule has 5 unspecified atom stereocenters. The summed E-state index contributed by atoms with van der Waals surface area (Å²) in [5.74, 6) is 0.881. The molecule has 3 heteroatoms. The largest absolute Gasteiger partial charge is 0.458 e. The average molecular weight is 292 g/mol. The van der Waals surface area contributed by atoms with E-state index < -0.39 is 5.60 Å². The number of esters is 1. The fourth-order valence-corrected chi connectivity index (χ4v) is 6.72. The maximum absolute atomic E-state index is 13.0. The quantitative estimate of drug-likeness (QED) is 0.696. The van der Waals surface area contributed by atoms with E-state index in [1.54, 1.807) is 0 Å². The van der Waals surface area contributed by atoms with Crippen LogP contribution < -0.4 is 0 Å². The van der Waals surface area contributed by atoms with Crippen molar-refractivity contribution in [2.75, 3.05) is 0 Å². The summed E-state index contributed by atoms with van der Waals surface area (Å²) < 4.78 is 6.07. The third kappa shape index (κ3) is 1.62. The standard InChI is InChI=1S/C18H28O3/c1-15(2)7-4-8-18-12(15)6-10-17(21-14(18)19)11-16(3,20)9-5-13(17)18/h12-13,20H,4-11H2,1-3H3. The first kappa shape index (κ1) is 14.0. The van der Waals surface area contributed by atoms with Crippen molar-refractivity contribution in [2.24, 2.45) is 22.7 Å². The second kappa shape index (κ2) is 3.84. The zero-order valence-corrected chi connectivity index (χ0v) is 13.6. The SMILES string of the molecule is CC1(O)CCC2C3(CCC4C(C)(C)CCCC42C(=O)O3)C1. The first-order chi connectivity index (χ1) is 9.72. The van der Waals surface area contributed by atoms with Gasteiger partial charge in [-0.2, -0.15) is 0 Å². The minimum Gasteiger partial charge on any atom is -0.458 e. The van der Waals surface area contributed by atoms with Gasteiger partial charge in [-0.1, -0.05) is 20.3 Å². The molecule has 1 N–H and O–H groups in total. The Balaban J connectivity index is 1.81. The van der Waals surface area contributed by atoms with Crippen LogP contribution in [0.4, 0.5) is 0 Å². The van der Waals surface area contributed by atoms with Gasteiger partial charge in [-0.25, -0.2) is 0 Å². The van der Waals surface area contributed by atoms with Gasteiger partial charge in [-0.05, 0) is 56.8 Å². The Kier molecular flexibility index (Phi) is 2.57. The molecule has 1 spiro atoms. The third-order valence-corrected chi connectivity index (χ3v) is 7.42. The second-order valence-electron chi connectivity index (χ2n) is 9.19. The summed E-state index contributed by atoms with van der Waals surface area (Å²) in [5, 5.41) is 10.5. The molecule has 4 rings (SSSR count). The molecule has 118 valence electrons. The minimum atomic E-state index is -0.667. The van der Waals surface area contributed by atoms with Gasteiger partial charge in [0, 0.05) is 12.3 Å². The van der Waals surface area contributed by atoms with Crippen molar-refractivity contribution in [3.05, 3.63) is 0 Å². The molecule has 3 saturated carbocycles. The van der Waals surface area contributed by atoms with Gasteiger partial charge >= 0.3 is 5.97 Å². The fourth-order valence-electron chi connectivity index (χ4n) is 6.72. The zero-order valence-electron chi connectivity index (χ0n) is 13.6. The number of aliphatic hydroxyl groups is 1. The van der Waals surface area contributed by atoms with Crippen LogP contribution >= 0.6 is 0 Å². The molecule has 4 aliphatic rings. The highest BCUT2D eigenvalue weighted by atomic mass is 16.6. The van der Waals surface area contributed by atoms with E-state index in [0.29, 0.717) is 18.3 Å². The van der Waals surface area contributed by atoms with E-state index in [4.69, 9.17) is 4.74 Å². The van der Waals surface area contributed by atoms with Crippen LogP contribution in [0.25, 0.3) is 0 Å². The van der Waals surface area contributed by atoms with Gasteiger partial charge in [0.05, 0.1) is 11.0 Å². The van der Waals surface area contributed by atoms with Gasteiger partial charge in [-0.15, -0.1) is 0 Å². The Hall–Kier alpha value is -0.570. The highest BCUT2D eigenvalue weighted by Gasteiger charge is 2.73. The van der Waals surface area contributed by atoms with Crippen molar-refractivity contribution in [3.63, 3.8) is 0 Å². The number of carbonyl (C=O) groups excluding carboxylic acids is 1. The van der Waals surface area contributed by atoms with Crippen LogP contribution in [0, 0.1) is 22.7 Å². The summed E-state index contributed by atoms with van der Waals surface area (Å²) >= 11 is 0. The molecule has 0 amide bonds. The number of carbonyl (C=O) groups is 1. The van der Waals surface area contributed by atoms with Crippen molar-refractivity contribution in [2.45, 2.75) is 83.3 Å². The van der Waals surface area contributed by atoms with Crippen LogP contribution in [0.2, 0.25) is 0 Å². The van der Waals surface area contributed by atoms with Gasteiger partial charge in [0.15, 0.2) is 0 Å². The van der Waals surface area contributed by atoms with Crippen LogP contribution in [0.15, 0.2) is 0 Å². The van der Waals surface area contributed by atoms with E-state index in [1.165, 1.54) is 6.42 Å². The predicted octanol–water partition coefficient (Wildman–Crippen LogP) is 3.44. The summed E-state index contributed by atoms with van der Waals surface area (Å²) in [6.45, 7) is 6.60. The highest BCUT2D eigenvalue weighted by Crippen LogP contribution is 2.70. The van der Waals surface area contributed by atoms with Gasteiger partial charge in [0.2, 0.25) is 0 Å². The van der Waals surface area contributed by atoms with Crippen molar-refractivity contribution in [1.29, 1.82) is 0 Å². The van der Waals surface area contributed by atoms with Crippen LogP contribution in [-0.2, 0) is 9.53 Å². The lowest BCUT2D eigenvalue weighted by Gasteiger charge is -2.58. The van der Waals surface area contributed by atoms with E-state index in [2.05, 4.69) is 13.8 Å². The summed E-state index contributed by atoms with van der Waals surface area (Å²) in [6.07, 6.45) is 7.82. The summed E-state index contributed by atoms with van der Waals surface area (Å²) in [6, 6.07) is 0. The molecule has 0 aromatic rings. The smallest absolute Gasteiger partial charge is 0.313 e. The molecule has 0 aromatic carbocycles. The lowest BCUT2D eigenvalue weighted by molar-refractivity contribution is -0.161. The molecule has 0 radical (unpaired) electrons. The first-order valence-corrected chi connectivity index (χ1v) is 8.68. The van der Waals surface area contributed by atoms with E-state index in [1.807, 2.05) is 6.92 Å². The number of ether oxygens (including phenoxy) is 1. The topological polar surface area (TPSA) is 46.5 Å². The van der Waals surface area contributed by atoms with E-state index in [0.717, 1.165) is 38.5 Å². The Morgan fingerprint density at radius 2 is 1.76 bits per heavy atom. The maximum atomic E-state index is 13.0. The van der Waals surface area contributed by atoms with Crippen LogP contribution in [0.3, 0.4) is 0 Å². The Bertz CT molecular complexity index is 495. The Morgan fingerprint density at radius 3 is 2.52 bits per heavy atom. The average Bonchev–Trinajstić information content (AvgIpc) is 2.48. The summed E-state index contributed by atoms with van der Waals surface area (Å²) in [4.78, 5) is 13.0. The second-order valence-corrected chi connectivity index (χ2v) is 9.19. The lowest BCUT2D eigenvalue weighted by Crippen LogP contribution is -2.59. The third-order valence-electron chi connectivity index (χ3n) is 7.42. The molecule has 3 aliphatic carbocycles. The predicted molar refractivity (Wildman–Crippen MR) is 79.6 cm³/mol. The van der Waals surface area contributed by atoms with E-state index in [-0.39, 0.29) is 22.4 Å². The van der Waals surface area contributed by atoms with E-state index in [9.17, 15) is 9.90 Å². The normalized spacial score (nSPS) is 54.6. The van der Waals surface area contributed by atoms with Gasteiger partial charge < -0.3 is 9.84 Å². The monoisotopic (exact) mass is 292 g/mol. The molecule has 1 saturated heterocycles. The Labute approximate surface area is 127 Å². The molecule has 2 bridgehead atoms. The fraction of sp³-hybridized carbons (Fsp3) is 0.944. The molecule has 1 aliphatic heterocycles. The molecule has 3 nitrogen and oxygen atoms in total. The van der Waals surface area contributed by atoms with Crippen molar-refractivity contribution >= 4 is 5.97 Å². The molecular weight excluding hydrogens is 264 g/mol. The highest BCUT2D eigenvalue weighted by molar-refractivity contribution is 5.82.